The fourth-order valence-electron chi connectivity index (χ4n) is 2.88. The number of anilines is 1. The normalized spacial score (nSPS) is 18.6. The van der Waals surface area contributed by atoms with Gasteiger partial charge in [0.15, 0.2) is 0 Å². The molecule has 1 N–H and O–H groups in total. The van der Waals surface area contributed by atoms with Crippen LogP contribution in [0.1, 0.15) is 38.0 Å². The topological polar surface area (TPSA) is 39.6 Å². The first-order valence-electron chi connectivity index (χ1n) is 7.63. The lowest BCUT2D eigenvalue weighted by Crippen LogP contribution is -2.37. The molecule has 0 unspecified atom stereocenters. The molecule has 1 aliphatic rings. The maximum atomic E-state index is 9.77. The zero-order chi connectivity index (χ0) is 14.5. The van der Waals surface area contributed by atoms with Gasteiger partial charge in [0.1, 0.15) is 0 Å². The van der Waals surface area contributed by atoms with Gasteiger partial charge in [0, 0.05) is 19.6 Å². The van der Waals surface area contributed by atoms with Crippen LogP contribution in [0.2, 0.25) is 0 Å². The number of hydrogen-bond donors (Lipinski definition) is 1. The highest BCUT2D eigenvalue weighted by molar-refractivity contribution is 5.45. The molecule has 0 bridgehead atoms. The second-order valence-corrected chi connectivity index (χ2v) is 6.06. The molecule has 1 aliphatic heterocycles. The molecule has 112 valence electrons. The summed E-state index contributed by atoms with van der Waals surface area (Å²) in [4.78, 5) is 9.08. The zero-order valence-corrected chi connectivity index (χ0v) is 12.9. The predicted octanol–water partition coefficient (Wildman–Crippen LogP) is 2.30. The van der Waals surface area contributed by atoms with Crippen molar-refractivity contribution in [3.63, 3.8) is 0 Å². The summed E-state index contributed by atoms with van der Waals surface area (Å²) < 4.78 is 0. The van der Waals surface area contributed by atoms with Crippen LogP contribution in [-0.2, 0) is 0 Å². The fraction of sp³-hybridized carbons (Fsp3) is 0.688. The molecule has 0 radical (unpaired) electrons. The standard InChI is InChI=1S/C16H27N3O/c1-4-16(20)15-6-5-14(11-17-15)19-9-7-13(8-10-19)12-18(2)3/h5-6,11,13,16,20H,4,7-10,12H2,1-3H3/t16-/m1/s1. The maximum absolute atomic E-state index is 9.77. The van der Waals surface area contributed by atoms with Crippen molar-refractivity contribution in [1.82, 2.24) is 9.88 Å². The van der Waals surface area contributed by atoms with E-state index in [1.54, 1.807) is 0 Å². The Kier molecular flexibility index (Phi) is 5.38. The van der Waals surface area contributed by atoms with Crippen LogP contribution in [-0.4, -0.2) is 48.7 Å². The Labute approximate surface area is 122 Å². The molecule has 0 aromatic carbocycles. The molecule has 1 saturated heterocycles. The summed E-state index contributed by atoms with van der Waals surface area (Å²) in [6, 6.07) is 4.04. The third kappa shape index (κ3) is 3.93. The van der Waals surface area contributed by atoms with Gasteiger partial charge in [-0.25, -0.2) is 0 Å². The second-order valence-electron chi connectivity index (χ2n) is 6.06. The SMILES string of the molecule is CC[C@@H](O)c1ccc(N2CCC(CN(C)C)CC2)cn1. The van der Waals surface area contributed by atoms with E-state index in [0.717, 1.165) is 24.7 Å². The van der Waals surface area contributed by atoms with Gasteiger partial charge in [0.05, 0.1) is 23.7 Å². The molecular formula is C16H27N3O. The van der Waals surface area contributed by atoms with Crippen molar-refractivity contribution in [3.05, 3.63) is 24.0 Å². The number of aromatic nitrogens is 1. The van der Waals surface area contributed by atoms with Gasteiger partial charge < -0.3 is 14.9 Å². The van der Waals surface area contributed by atoms with E-state index in [0.29, 0.717) is 6.42 Å². The molecule has 0 spiro atoms. The molecule has 2 rings (SSSR count). The van der Waals surface area contributed by atoms with Gasteiger partial charge in [-0.2, -0.15) is 0 Å². The van der Waals surface area contributed by atoms with Crippen molar-refractivity contribution in [2.45, 2.75) is 32.3 Å². The summed E-state index contributed by atoms with van der Waals surface area (Å²) in [5, 5.41) is 9.77. The molecule has 4 heteroatoms. The van der Waals surface area contributed by atoms with Crippen molar-refractivity contribution in [2.75, 3.05) is 38.6 Å². The molecular weight excluding hydrogens is 250 g/mol. The van der Waals surface area contributed by atoms with Crippen LogP contribution >= 0.6 is 0 Å². The number of pyridine rings is 1. The van der Waals surface area contributed by atoms with Gasteiger partial charge in [-0.3, -0.25) is 4.98 Å². The minimum absolute atomic E-state index is 0.435. The average Bonchev–Trinajstić information content (AvgIpc) is 2.47. The average molecular weight is 277 g/mol. The van der Waals surface area contributed by atoms with E-state index in [-0.39, 0.29) is 0 Å². The summed E-state index contributed by atoms with van der Waals surface area (Å²) in [7, 11) is 4.29. The molecule has 0 amide bonds. The molecule has 1 fully saturated rings. The van der Waals surface area contributed by atoms with Gasteiger partial charge in [-0.05, 0) is 51.4 Å². The number of rotatable bonds is 5. The van der Waals surface area contributed by atoms with Crippen LogP contribution in [0.4, 0.5) is 5.69 Å². The Morgan fingerprint density at radius 1 is 1.35 bits per heavy atom. The number of hydrogen-bond acceptors (Lipinski definition) is 4. The molecule has 0 aliphatic carbocycles. The summed E-state index contributed by atoms with van der Waals surface area (Å²) in [5.74, 6) is 0.815. The Bertz CT molecular complexity index is 397. The second kappa shape index (κ2) is 7.04. The Hall–Kier alpha value is -1.13. The van der Waals surface area contributed by atoms with Gasteiger partial charge >= 0.3 is 0 Å². The molecule has 0 saturated carbocycles. The van der Waals surface area contributed by atoms with Crippen molar-refractivity contribution in [3.8, 4) is 0 Å². The quantitative estimate of drug-likeness (QED) is 0.896. The van der Waals surface area contributed by atoms with Crippen molar-refractivity contribution in [2.24, 2.45) is 5.92 Å². The first-order chi connectivity index (χ1) is 9.60. The van der Waals surface area contributed by atoms with Gasteiger partial charge in [-0.1, -0.05) is 6.92 Å². The number of aliphatic hydroxyl groups excluding tert-OH is 1. The first kappa shape index (κ1) is 15.3. The Morgan fingerprint density at radius 3 is 2.55 bits per heavy atom. The lowest BCUT2D eigenvalue weighted by atomic mass is 9.96. The predicted molar refractivity (Wildman–Crippen MR) is 83.0 cm³/mol. The highest BCUT2D eigenvalue weighted by Crippen LogP contribution is 2.24. The number of aliphatic hydroxyl groups is 1. The highest BCUT2D eigenvalue weighted by Gasteiger charge is 2.20. The minimum atomic E-state index is -0.435. The van der Waals surface area contributed by atoms with E-state index in [9.17, 15) is 5.11 Å². The number of piperidine rings is 1. The van der Waals surface area contributed by atoms with Crippen LogP contribution in [0, 0.1) is 5.92 Å². The van der Waals surface area contributed by atoms with E-state index in [2.05, 4.69) is 34.9 Å². The third-order valence-electron chi connectivity index (χ3n) is 4.10. The van der Waals surface area contributed by atoms with E-state index < -0.39 is 6.10 Å². The summed E-state index contributed by atoms with van der Waals surface area (Å²) >= 11 is 0. The van der Waals surface area contributed by atoms with Crippen LogP contribution in [0.3, 0.4) is 0 Å². The molecule has 1 aromatic rings. The van der Waals surface area contributed by atoms with Gasteiger partial charge in [0.2, 0.25) is 0 Å². The largest absolute Gasteiger partial charge is 0.387 e. The van der Waals surface area contributed by atoms with E-state index in [1.165, 1.54) is 25.1 Å². The van der Waals surface area contributed by atoms with E-state index in [1.807, 2.05) is 19.2 Å². The molecule has 1 atom stereocenters. The summed E-state index contributed by atoms with van der Waals surface area (Å²) in [6.45, 7) is 5.37. The summed E-state index contributed by atoms with van der Waals surface area (Å²) in [5.41, 5.74) is 1.96. The molecule has 2 heterocycles. The molecule has 1 aromatic heterocycles. The molecule has 4 nitrogen and oxygen atoms in total. The lowest BCUT2D eigenvalue weighted by molar-refractivity contribution is 0.169. The Balaban J connectivity index is 1.90. The minimum Gasteiger partial charge on any atom is -0.387 e. The van der Waals surface area contributed by atoms with Crippen LogP contribution in [0.15, 0.2) is 18.3 Å². The van der Waals surface area contributed by atoms with Crippen molar-refractivity contribution in [1.29, 1.82) is 0 Å². The lowest BCUT2D eigenvalue weighted by Gasteiger charge is -2.34. The monoisotopic (exact) mass is 277 g/mol. The van der Waals surface area contributed by atoms with Crippen LogP contribution in [0.25, 0.3) is 0 Å². The third-order valence-corrected chi connectivity index (χ3v) is 4.10. The van der Waals surface area contributed by atoms with Crippen LogP contribution < -0.4 is 4.90 Å². The fourth-order valence-corrected chi connectivity index (χ4v) is 2.88. The van der Waals surface area contributed by atoms with Crippen molar-refractivity contribution >= 4 is 5.69 Å². The van der Waals surface area contributed by atoms with Crippen molar-refractivity contribution < 1.29 is 5.11 Å². The molecule has 20 heavy (non-hydrogen) atoms. The maximum Gasteiger partial charge on any atom is 0.0957 e. The smallest absolute Gasteiger partial charge is 0.0957 e. The van der Waals surface area contributed by atoms with E-state index in [4.69, 9.17) is 0 Å². The number of nitrogens with zero attached hydrogens (tertiary/aromatic N) is 3. The highest BCUT2D eigenvalue weighted by atomic mass is 16.3. The zero-order valence-electron chi connectivity index (χ0n) is 12.9. The van der Waals surface area contributed by atoms with Gasteiger partial charge in [0.25, 0.3) is 0 Å². The summed E-state index contributed by atoms with van der Waals surface area (Å²) in [6.07, 6.45) is 4.67. The van der Waals surface area contributed by atoms with Gasteiger partial charge in [-0.15, -0.1) is 0 Å². The van der Waals surface area contributed by atoms with E-state index >= 15 is 0 Å². The first-order valence-corrected chi connectivity index (χ1v) is 7.63. The van der Waals surface area contributed by atoms with Crippen LogP contribution in [0.5, 0.6) is 0 Å². The Morgan fingerprint density at radius 2 is 2.05 bits per heavy atom.